The molecule has 3 atom stereocenters. The first-order valence-corrected chi connectivity index (χ1v) is 7.05. The highest BCUT2D eigenvalue weighted by Crippen LogP contribution is 2.28. The van der Waals surface area contributed by atoms with Crippen molar-refractivity contribution in [3.8, 4) is 5.75 Å². The van der Waals surface area contributed by atoms with Crippen molar-refractivity contribution in [3.63, 3.8) is 0 Å². The molecule has 7 heteroatoms. The lowest BCUT2D eigenvalue weighted by atomic mass is 10.1. The van der Waals surface area contributed by atoms with Crippen LogP contribution in [0.1, 0.15) is 31.4 Å². The molecule has 0 spiro atoms. The third kappa shape index (κ3) is 4.09. The van der Waals surface area contributed by atoms with Gasteiger partial charge in [0.25, 0.3) is 0 Å². The molecule has 3 N–H and O–H groups in total. The van der Waals surface area contributed by atoms with Gasteiger partial charge in [0.2, 0.25) is 5.91 Å². The Morgan fingerprint density at radius 1 is 1.55 bits per heavy atom. The van der Waals surface area contributed by atoms with E-state index in [1.807, 2.05) is 0 Å². The third-order valence-electron chi connectivity index (χ3n) is 3.69. The fourth-order valence-electron chi connectivity index (χ4n) is 2.57. The van der Waals surface area contributed by atoms with Gasteiger partial charge in [-0.2, -0.15) is 0 Å². The van der Waals surface area contributed by atoms with Crippen molar-refractivity contribution in [1.29, 1.82) is 0 Å². The van der Waals surface area contributed by atoms with Crippen LogP contribution in [0.4, 0.5) is 4.39 Å². The van der Waals surface area contributed by atoms with Crippen LogP contribution in [-0.2, 0) is 9.53 Å². The number of nitrogens with two attached hydrogens (primary N) is 1. The second-order valence-electron chi connectivity index (χ2n) is 5.15. The van der Waals surface area contributed by atoms with E-state index in [0.717, 1.165) is 6.42 Å². The van der Waals surface area contributed by atoms with Crippen LogP contribution in [0, 0.1) is 5.82 Å². The van der Waals surface area contributed by atoms with E-state index < -0.39 is 18.0 Å². The molecule has 0 aromatic heterocycles. The lowest BCUT2D eigenvalue weighted by molar-refractivity contribution is -0.132. The number of halogens is 2. The third-order valence-corrected chi connectivity index (χ3v) is 3.69. The lowest BCUT2D eigenvalue weighted by Gasteiger charge is -2.20. The van der Waals surface area contributed by atoms with Crippen LogP contribution in [0.5, 0.6) is 5.75 Å². The number of hydrogen-bond acceptors (Lipinski definition) is 4. The van der Waals surface area contributed by atoms with Crippen molar-refractivity contribution < 1.29 is 18.7 Å². The maximum Gasteiger partial charge on any atom is 0.249 e. The van der Waals surface area contributed by atoms with Crippen LogP contribution >= 0.6 is 12.4 Å². The van der Waals surface area contributed by atoms with E-state index in [0.29, 0.717) is 24.3 Å². The molecule has 0 radical (unpaired) electrons. The second-order valence-corrected chi connectivity index (χ2v) is 5.15. The average molecular weight is 333 g/mol. The Hall–Kier alpha value is -1.37. The molecule has 1 aromatic carbocycles. The molecule has 124 valence electrons. The van der Waals surface area contributed by atoms with Gasteiger partial charge in [-0.25, -0.2) is 4.39 Å². The van der Waals surface area contributed by atoms with E-state index in [1.165, 1.54) is 13.2 Å². The summed E-state index contributed by atoms with van der Waals surface area (Å²) in [5.74, 6) is -0.243. The summed E-state index contributed by atoms with van der Waals surface area (Å²) in [6, 6.07) is 4.07. The molecule has 1 aromatic rings. The van der Waals surface area contributed by atoms with Crippen molar-refractivity contribution in [2.75, 3.05) is 13.7 Å². The summed E-state index contributed by atoms with van der Waals surface area (Å²) in [5.41, 5.74) is 5.86. The summed E-state index contributed by atoms with van der Waals surface area (Å²) in [4.78, 5) is 12.2. The van der Waals surface area contributed by atoms with Gasteiger partial charge in [-0.3, -0.25) is 4.79 Å². The molecule has 5 nitrogen and oxygen atoms in total. The van der Waals surface area contributed by atoms with Crippen LogP contribution in [0.3, 0.4) is 0 Å². The van der Waals surface area contributed by atoms with Crippen molar-refractivity contribution in [3.05, 3.63) is 29.6 Å². The van der Waals surface area contributed by atoms with E-state index in [-0.39, 0.29) is 24.4 Å². The number of carbonyl (C=O) groups excluding carboxylic acids is 1. The number of benzene rings is 1. The van der Waals surface area contributed by atoms with Crippen molar-refractivity contribution in [2.45, 2.75) is 38.0 Å². The van der Waals surface area contributed by atoms with Crippen molar-refractivity contribution in [1.82, 2.24) is 5.32 Å². The van der Waals surface area contributed by atoms with E-state index in [9.17, 15) is 9.18 Å². The van der Waals surface area contributed by atoms with Crippen LogP contribution in [-0.4, -0.2) is 31.8 Å². The van der Waals surface area contributed by atoms with E-state index in [1.54, 1.807) is 19.1 Å². The first-order chi connectivity index (χ1) is 10.1. The van der Waals surface area contributed by atoms with Crippen LogP contribution in [0.25, 0.3) is 0 Å². The normalized spacial score (nSPS) is 21.8. The van der Waals surface area contributed by atoms with Gasteiger partial charge in [-0.1, -0.05) is 6.07 Å². The topological polar surface area (TPSA) is 73.6 Å². The highest BCUT2D eigenvalue weighted by molar-refractivity contribution is 5.85. The molecule has 2 rings (SSSR count). The number of hydrogen-bond donors (Lipinski definition) is 2. The van der Waals surface area contributed by atoms with E-state index in [4.69, 9.17) is 15.2 Å². The van der Waals surface area contributed by atoms with Gasteiger partial charge in [-0.05, 0) is 31.9 Å². The quantitative estimate of drug-likeness (QED) is 0.864. The van der Waals surface area contributed by atoms with Crippen molar-refractivity contribution >= 4 is 18.3 Å². The maximum atomic E-state index is 14.0. The summed E-state index contributed by atoms with van der Waals surface area (Å²) in [6.07, 6.45) is 0.818. The summed E-state index contributed by atoms with van der Waals surface area (Å²) in [5, 5.41) is 2.77. The number of methoxy groups -OCH3 is 1. The molecule has 1 amide bonds. The van der Waals surface area contributed by atoms with Crippen LogP contribution in [0.2, 0.25) is 0 Å². The van der Waals surface area contributed by atoms with Crippen molar-refractivity contribution in [2.24, 2.45) is 5.73 Å². The predicted molar refractivity (Wildman–Crippen MR) is 83.7 cm³/mol. The average Bonchev–Trinajstić information content (AvgIpc) is 2.95. The minimum absolute atomic E-state index is 0. The van der Waals surface area contributed by atoms with Gasteiger partial charge in [0.05, 0.1) is 24.8 Å². The zero-order chi connectivity index (χ0) is 15.4. The van der Waals surface area contributed by atoms with Gasteiger partial charge in [0.15, 0.2) is 0 Å². The Labute approximate surface area is 135 Å². The minimum atomic E-state index is -0.515. The number of rotatable bonds is 5. The molecule has 1 unspecified atom stereocenters. The summed E-state index contributed by atoms with van der Waals surface area (Å²) < 4.78 is 24.6. The molecular formula is C15H22ClFN2O3. The molecule has 1 aliphatic rings. The molecular weight excluding hydrogens is 311 g/mol. The Balaban J connectivity index is 0.00000242. The van der Waals surface area contributed by atoms with Gasteiger partial charge in [0.1, 0.15) is 17.7 Å². The number of ether oxygens (including phenoxy) is 2. The largest absolute Gasteiger partial charge is 0.496 e. The molecule has 1 aliphatic heterocycles. The Morgan fingerprint density at radius 2 is 2.27 bits per heavy atom. The molecule has 0 saturated carbocycles. The Bertz CT molecular complexity index is 516. The molecule has 22 heavy (non-hydrogen) atoms. The summed E-state index contributed by atoms with van der Waals surface area (Å²) in [6.45, 7) is 2.12. The summed E-state index contributed by atoms with van der Waals surface area (Å²) >= 11 is 0. The lowest BCUT2D eigenvalue weighted by Crippen LogP contribution is -2.37. The zero-order valence-electron chi connectivity index (χ0n) is 12.7. The van der Waals surface area contributed by atoms with Crippen LogP contribution < -0.4 is 15.8 Å². The monoisotopic (exact) mass is 332 g/mol. The number of amides is 1. The highest BCUT2D eigenvalue weighted by Gasteiger charge is 2.31. The predicted octanol–water partition coefficient (Wildman–Crippen LogP) is 1.94. The maximum absolute atomic E-state index is 14.0. The standard InChI is InChI=1S/C15H21FN2O3.ClH/c1-9(14-11(16)4-3-5-12(14)20-2)18-15(19)13-7-6-10(8-17)21-13;/h3-5,9-10,13H,6-8,17H2,1-2H3,(H,18,19);1H/t9?,10-,13+;/m1./s1. The van der Waals surface area contributed by atoms with Gasteiger partial charge >= 0.3 is 0 Å². The highest BCUT2D eigenvalue weighted by atomic mass is 35.5. The zero-order valence-corrected chi connectivity index (χ0v) is 13.5. The Kier molecular flexibility index (Phi) is 7.06. The fourth-order valence-corrected chi connectivity index (χ4v) is 2.57. The minimum Gasteiger partial charge on any atom is -0.496 e. The van der Waals surface area contributed by atoms with E-state index in [2.05, 4.69) is 5.32 Å². The van der Waals surface area contributed by atoms with Gasteiger partial charge in [0, 0.05) is 6.54 Å². The first-order valence-electron chi connectivity index (χ1n) is 7.05. The molecule has 1 saturated heterocycles. The molecule has 1 heterocycles. The van der Waals surface area contributed by atoms with E-state index >= 15 is 0 Å². The van der Waals surface area contributed by atoms with Gasteiger partial charge < -0.3 is 20.5 Å². The first kappa shape index (κ1) is 18.7. The second kappa shape index (κ2) is 8.31. The summed E-state index contributed by atoms with van der Waals surface area (Å²) in [7, 11) is 1.47. The molecule has 1 fully saturated rings. The number of carbonyl (C=O) groups is 1. The molecule has 0 aliphatic carbocycles. The molecule has 0 bridgehead atoms. The smallest absolute Gasteiger partial charge is 0.249 e. The number of nitrogens with one attached hydrogen (secondary N) is 1. The Morgan fingerprint density at radius 3 is 2.86 bits per heavy atom. The van der Waals surface area contributed by atoms with Gasteiger partial charge in [-0.15, -0.1) is 12.4 Å². The SMILES string of the molecule is COc1cccc(F)c1C(C)NC(=O)[C@@H]1CC[C@H](CN)O1.Cl. The fraction of sp³-hybridized carbons (Fsp3) is 0.533. The van der Waals surface area contributed by atoms with Crippen LogP contribution in [0.15, 0.2) is 18.2 Å².